The first kappa shape index (κ1) is 74.5. The molecule has 0 aromatic rings. The summed E-state index contributed by atoms with van der Waals surface area (Å²) in [4.78, 5) is 154. The van der Waals surface area contributed by atoms with Crippen molar-refractivity contribution in [3.05, 3.63) is 0 Å². The van der Waals surface area contributed by atoms with Gasteiger partial charge in [0.1, 0.15) is 54.4 Å². The first-order valence-corrected chi connectivity index (χ1v) is 27.3. The number of carbonyl (C=O) groups is 11. The molecular weight excluding hydrogens is 1080 g/mol. The van der Waals surface area contributed by atoms with Crippen LogP contribution in [-0.2, 0) is 52.7 Å². The van der Waals surface area contributed by atoms with E-state index in [0.717, 1.165) is 0 Å². The van der Waals surface area contributed by atoms with Gasteiger partial charge in [-0.25, -0.2) is 4.79 Å². The average molecular weight is 1170 g/mol. The van der Waals surface area contributed by atoms with Crippen LogP contribution in [-0.4, -0.2) is 191 Å². The van der Waals surface area contributed by atoms with E-state index in [9.17, 15) is 73.2 Å². The quantitative estimate of drug-likeness (QED) is 0.0154. The molecule has 0 aliphatic heterocycles. The van der Waals surface area contributed by atoms with Gasteiger partial charge in [-0.05, 0) is 102 Å². The summed E-state index contributed by atoms with van der Waals surface area (Å²) in [6.45, 7) is 10.1. The molecule has 0 bridgehead atoms. The molecule has 0 aliphatic carbocycles. The zero-order valence-corrected chi connectivity index (χ0v) is 48.2. The number of unbranched alkanes of at least 4 members (excludes halogenated alkanes) is 1. The van der Waals surface area contributed by atoms with E-state index in [1.807, 2.05) is 13.8 Å². The van der Waals surface area contributed by atoms with Crippen molar-refractivity contribution in [2.45, 2.75) is 186 Å². The van der Waals surface area contributed by atoms with E-state index in [1.165, 1.54) is 6.92 Å². The molecule has 0 radical (unpaired) electrons. The second-order valence-electron chi connectivity index (χ2n) is 21.0. The highest BCUT2D eigenvalue weighted by molar-refractivity contribution is 5.98. The Balaban J connectivity index is 6.38. The largest absolute Gasteiger partial charge is 0.481 e. The normalized spacial score (nSPS) is 14.8. The van der Waals surface area contributed by atoms with Crippen molar-refractivity contribution >= 4 is 77.0 Å². The Morgan fingerprint density at radius 2 is 0.732 bits per heavy atom. The van der Waals surface area contributed by atoms with Crippen LogP contribution >= 0.6 is 0 Å². The summed E-state index contributed by atoms with van der Waals surface area (Å²) in [6.07, 6.45) is 0.158. The fourth-order valence-corrected chi connectivity index (χ4v) is 7.80. The number of hydrogen-bond acceptors (Lipinski definition) is 17. The Morgan fingerprint density at radius 1 is 0.402 bits per heavy atom. The minimum Gasteiger partial charge on any atom is -0.481 e. The summed E-state index contributed by atoms with van der Waals surface area (Å²) in [5.41, 5.74) is 33.0. The first-order chi connectivity index (χ1) is 38.4. The molecule has 0 rings (SSSR count). The lowest BCUT2D eigenvalue weighted by atomic mass is 10.0. The van der Waals surface area contributed by atoms with Crippen molar-refractivity contribution in [3.63, 3.8) is 0 Å². The van der Waals surface area contributed by atoms with Crippen LogP contribution in [0.15, 0.2) is 9.98 Å². The Bertz CT molecular complexity index is 2160. The van der Waals surface area contributed by atoms with Crippen LogP contribution in [0.1, 0.15) is 126 Å². The zero-order chi connectivity index (χ0) is 62.8. The van der Waals surface area contributed by atoms with Crippen LogP contribution < -0.4 is 82.3 Å². The lowest BCUT2D eigenvalue weighted by Crippen LogP contribution is -2.61. The number of hydrogen-bond donors (Lipinski definition) is 19. The number of amides is 9. The maximum absolute atomic E-state index is 14.0. The van der Waals surface area contributed by atoms with Gasteiger partial charge in [0, 0.05) is 19.5 Å². The molecule has 10 atom stereocenters. The van der Waals surface area contributed by atoms with E-state index in [1.54, 1.807) is 27.7 Å². The molecule has 9 amide bonds. The van der Waals surface area contributed by atoms with E-state index >= 15 is 0 Å². The molecular formula is C50H93N17O15. The van der Waals surface area contributed by atoms with Gasteiger partial charge in [-0.2, -0.15) is 0 Å². The molecule has 0 unspecified atom stereocenters. The van der Waals surface area contributed by atoms with E-state index in [4.69, 9.17) is 34.4 Å². The number of aliphatic carboxylic acids is 2. The summed E-state index contributed by atoms with van der Waals surface area (Å²) in [6, 6.07) is -14.3. The van der Waals surface area contributed by atoms with Crippen molar-refractivity contribution in [2.24, 2.45) is 62.1 Å². The Hall–Kier alpha value is -7.45. The molecule has 0 saturated carbocycles. The number of guanidine groups is 2. The number of carboxylic acid groups (broad SMARTS) is 2. The number of nitrogens with one attached hydrogen (secondary N) is 9. The van der Waals surface area contributed by atoms with Gasteiger partial charge in [0.05, 0.1) is 19.3 Å². The maximum atomic E-state index is 14.0. The third-order valence-corrected chi connectivity index (χ3v) is 12.1. The summed E-state index contributed by atoms with van der Waals surface area (Å²) in [5, 5.41) is 61.6. The number of aliphatic hydroxyl groups is 2. The van der Waals surface area contributed by atoms with Gasteiger partial charge in [0.15, 0.2) is 11.9 Å². The van der Waals surface area contributed by atoms with Crippen molar-refractivity contribution < 1.29 is 73.2 Å². The Morgan fingerprint density at radius 3 is 1.12 bits per heavy atom. The van der Waals surface area contributed by atoms with Crippen LogP contribution in [0.5, 0.6) is 0 Å². The van der Waals surface area contributed by atoms with E-state index in [2.05, 4.69) is 57.8 Å². The van der Waals surface area contributed by atoms with Gasteiger partial charge in [-0.3, -0.25) is 57.9 Å². The fraction of sp³-hybridized carbons (Fsp3) is 0.740. The highest BCUT2D eigenvalue weighted by Gasteiger charge is 2.35. The SMILES string of the molecule is CC(C)C[C@H](NC(=O)[C@H](CO)NC(=O)[C@H](CO)NC(=O)[C@H](CC(C)C)NC(=O)[C@H](CCC(=O)O)NC(=O)[C@H](CCCCN)NC(=O)[C@H](C)NC(=O)[C@H](CC(C)C)NC(=O)[C@@H](N)CCCN=C(N)N)C(=O)N[C@@H](CCCN=C(N)N)C(=O)O. The molecule has 0 aromatic carbocycles. The minimum absolute atomic E-state index is 0.0118. The van der Waals surface area contributed by atoms with Gasteiger partial charge in [-0.1, -0.05) is 41.5 Å². The third kappa shape index (κ3) is 31.5. The van der Waals surface area contributed by atoms with Gasteiger partial charge >= 0.3 is 11.9 Å². The molecule has 468 valence electrons. The molecule has 32 heteroatoms. The second kappa shape index (κ2) is 39.9. The molecule has 32 nitrogen and oxygen atoms in total. The number of aliphatic imine (C=N–C) groups is 2. The number of aliphatic hydroxyl groups excluding tert-OH is 2. The highest BCUT2D eigenvalue weighted by atomic mass is 16.4. The predicted molar refractivity (Wildman–Crippen MR) is 301 cm³/mol. The monoisotopic (exact) mass is 1170 g/mol. The molecule has 0 aliphatic rings. The number of nitrogens with zero attached hydrogens (tertiary/aromatic N) is 2. The summed E-state index contributed by atoms with van der Waals surface area (Å²) in [5.74, 6) is -12.2. The molecule has 82 heavy (non-hydrogen) atoms. The van der Waals surface area contributed by atoms with Crippen molar-refractivity contribution in [1.82, 2.24) is 47.9 Å². The van der Waals surface area contributed by atoms with E-state index in [0.29, 0.717) is 12.8 Å². The van der Waals surface area contributed by atoms with E-state index in [-0.39, 0.29) is 101 Å². The average Bonchev–Trinajstić information content (AvgIpc) is 3.40. The highest BCUT2D eigenvalue weighted by Crippen LogP contribution is 2.12. The molecule has 25 N–H and O–H groups in total. The zero-order valence-electron chi connectivity index (χ0n) is 48.2. The van der Waals surface area contributed by atoms with Crippen molar-refractivity contribution in [1.29, 1.82) is 0 Å². The Labute approximate surface area is 477 Å². The molecule has 0 aromatic heterocycles. The third-order valence-electron chi connectivity index (χ3n) is 12.1. The van der Waals surface area contributed by atoms with Gasteiger partial charge in [0.2, 0.25) is 53.2 Å². The lowest BCUT2D eigenvalue weighted by molar-refractivity contribution is -0.142. The number of carboxylic acids is 2. The van der Waals surface area contributed by atoms with Crippen molar-refractivity contribution in [2.75, 3.05) is 32.8 Å². The van der Waals surface area contributed by atoms with Crippen LogP contribution in [0, 0.1) is 17.8 Å². The topological polar surface area (TPSA) is 558 Å². The lowest BCUT2D eigenvalue weighted by Gasteiger charge is -2.28. The molecule has 0 fully saturated rings. The van der Waals surface area contributed by atoms with Crippen LogP contribution in [0.25, 0.3) is 0 Å². The summed E-state index contributed by atoms with van der Waals surface area (Å²) >= 11 is 0. The molecule has 0 saturated heterocycles. The number of nitrogens with two attached hydrogens (primary N) is 6. The first-order valence-electron chi connectivity index (χ1n) is 27.3. The summed E-state index contributed by atoms with van der Waals surface area (Å²) in [7, 11) is 0. The fourth-order valence-electron chi connectivity index (χ4n) is 7.80. The molecule has 0 spiro atoms. The minimum atomic E-state index is -1.82. The van der Waals surface area contributed by atoms with Crippen molar-refractivity contribution in [3.8, 4) is 0 Å². The maximum Gasteiger partial charge on any atom is 0.326 e. The van der Waals surface area contributed by atoms with Crippen LogP contribution in [0.2, 0.25) is 0 Å². The van der Waals surface area contributed by atoms with Crippen LogP contribution in [0.4, 0.5) is 0 Å². The summed E-state index contributed by atoms with van der Waals surface area (Å²) < 4.78 is 0. The van der Waals surface area contributed by atoms with Gasteiger partial charge < -0.3 is 103 Å². The number of carbonyl (C=O) groups excluding carboxylic acids is 9. The second-order valence-corrected chi connectivity index (χ2v) is 21.0. The Kier molecular flexibility index (Phi) is 36.2. The smallest absolute Gasteiger partial charge is 0.326 e. The van der Waals surface area contributed by atoms with Gasteiger partial charge in [0.25, 0.3) is 0 Å². The van der Waals surface area contributed by atoms with Gasteiger partial charge in [-0.15, -0.1) is 0 Å². The predicted octanol–water partition coefficient (Wildman–Crippen LogP) is -5.99. The van der Waals surface area contributed by atoms with Crippen LogP contribution in [0.3, 0.4) is 0 Å². The standard InChI is InChI=1S/C50H93N17O15/c1-25(2)20-33(63-40(73)29(52)12-10-18-57-49(53)54)43(76)59-28(7)39(72)60-30(13-8-9-17-51)41(74)61-31(15-16-38(70)71)42(75)64-35(22-27(5)6)45(78)66-37(24-69)47(80)67-36(23-68)46(79)65-34(21-26(3)4)44(77)62-32(48(81)82)14-11-19-58-50(55)56/h25-37,68-69H,8-24,51-52H2,1-7H3,(H,59,76)(H,60,72)(H,61,74)(H,62,77)(H,63,73)(H,64,75)(H,65,79)(H,66,78)(H,67,80)(H,70,71)(H,81,82)(H4,53,54,57)(H4,55,56,58)/t28-,29-,30-,31-,32-,33-,34-,35-,36-,37-/m0/s1. The number of rotatable bonds is 42. The van der Waals surface area contributed by atoms with E-state index < -0.39 is 152 Å². The molecule has 0 heterocycles.